The number of rotatable bonds is 7. The van der Waals surface area contributed by atoms with Gasteiger partial charge < -0.3 is 10.4 Å². The molecular formula is C8H12F3NO3S. The number of nitrogens with one attached hydrogen (secondary N) is 1. The van der Waals surface area contributed by atoms with Crippen LogP contribution in [0.5, 0.6) is 0 Å². The van der Waals surface area contributed by atoms with Gasteiger partial charge in [-0.25, -0.2) is 0 Å². The summed E-state index contributed by atoms with van der Waals surface area (Å²) in [4.78, 5) is 21.0. The second kappa shape index (κ2) is 7.37. The molecule has 94 valence electrons. The predicted octanol–water partition coefficient (Wildman–Crippen LogP) is 1.26. The van der Waals surface area contributed by atoms with Crippen molar-refractivity contribution in [1.82, 2.24) is 5.32 Å². The zero-order valence-corrected chi connectivity index (χ0v) is 9.16. The number of halogens is 3. The molecule has 0 radical (unpaired) electrons. The van der Waals surface area contributed by atoms with Crippen molar-refractivity contribution < 1.29 is 27.9 Å². The van der Waals surface area contributed by atoms with E-state index in [1.807, 2.05) is 0 Å². The smallest absolute Gasteiger partial charge is 0.389 e. The van der Waals surface area contributed by atoms with Crippen LogP contribution < -0.4 is 5.32 Å². The highest BCUT2D eigenvalue weighted by Crippen LogP contribution is 2.20. The van der Waals surface area contributed by atoms with Gasteiger partial charge in [0.2, 0.25) is 5.91 Å². The Bertz CT molecular complexity index is 245. The van der Waals surface area contributed by atoms with Crippen molar-refractivity contribution in [2.24, 2.45) is 0 Å². The van der Waals surface area contributed by atoms with E-state index < -0.39 is 24.5 Å². The normalized spacial score (nSPS) is 11.2. The fourth-order valence-electron chi connectivity index (χ4n) is 0.799. The standard InChI is InChI=1S/C8H12F3NO3S/c9-8(10,11)2-1-3-12-6(13)4-16-5-7(14)15/h1-5H2,(H,12,13)(H,14,15). The molecule has 0 heterocycles. The molecule has 4 nitrogen and oxygen atoms in total. The van der Waals surface area contributed by atoms with Gasteiger partial charge in [0.25, 0.3) is 0 Å². The van der Waals surface area contributed by atoms with Crippen molar-refractivity contribution in [2.75, 3.05) is 18.1 Å². The Balaban J connectivity index is 3.41. The van der Waals surface area contributed by atoms with Gasteiger partial charge in [0.1, 0.15) is 0 Å². The Morgan fingerprint density at radius 1 is 1.25 bits per heavy atom. The monoisotopic (exact) mass is 259 g/mol. The second-order valence-electron chi connectivity index (χ2n) is 2.96. The molecular weight excluding hydrogens is 247 g/mol. The quantitative estimate of drug-likeness (QED) is 0.675. The van der Waals surface area contributed by atoms with Crippen molar-refractivity contribution in [3.8, 4) is 0 Å². The summed E-state index contributed by atoms with van der Waals surface area (Å²) in [6, 6.07) is 0. The second-order valence-corrected chi connectivity index (χ2v) is 3.94. The molecule has 8 heteroatoms. The highest BCUT2D eigenvalue weighted by molar-refractivity contribution is 8.00. The van der Waals surface area contributed by atoms with Crippen LogP contribution in [-0.4, -0.2) is 41.2 Å². The molecule has 16 heavy (non-hydrogen) atoms. The van der Waals surface area contributed by atoms with Crippen LogP contribution in [-0.2, 0) is 9.59 Å². The first-order chi connectivity index (χ1) is 7.31. The van der Waals surface area contributed by atoms with Gasteiger partial charge in [0.15, 0.2) is 0 Å². The van der Waals surface area contributed by atoms with Gasteiger partial charge in [-0.3, -0.25) is 9.59 Å². The zero-order chi connectivity index (χ0) is 12.6. The van der Waals surface area contributed by atoms with Crippen molar-refractivity contribution >= 4 is 23.6 Å². The minimum Gasteiger partial charge on any atom is -0.481 e. The lowest BCUT2D eigenvalue weighted by Crippen LogP contribution is -2.27. The number of alkyl halides is 3. The molecule has 0 saturated heterocycles. The molecule has 0 aromatic rings. The lowest BCUT2D eigenvalue weighted by molar-refractivity contribution is -0.136. The number of hydrogen-bond donors (Lipinski definition) is 2. The van der Waals surface area contributed by atoms with E-state index >= 15 is 0 Å². The first-order valence-corrected chi connectivity index (χ1v) is 5.60. The van der Waals surface area contributed by atoms with E-state index in [9.17, 15) is 22.8 Å². The Morgan fingerprint density at radius 3 is 2.38 bits per heavy atom. The molecule has 0 aromatic carbocycles. The van der Waals surface area contributed by atoms with Gasteiger partial charge in [0, 0.05) is 13.0 Å². The van der Waals surface area contributed by atoms with E-state index in [2.05, 4.69) is 5.32 Å². The maximum atomic E-state index is 11.7. The molecule has 0 rings (SSSR count). The van der Waals surface area contributed by atoms with Crippen LogP contribution in [0.3, 0.4) is 0 Å². The number of carbonyl (C=O) groups excluding carboxylic acids is 1. The van der Waals surface area contributed by atoms with E-state index in [4.69, 9.17) is 5.11 Å². The van der Waals surface area contributed by atoms with E-state index in [0.29, 0.717) is 0 Å². The summed E-state index contributed by atoms with van der Waals surface area (Å²) in [5, 5.41) is 10.5. The van der Waals surface area contributed by atoms with Crippen molar-refractivity contribution in [1.29, 1.82) is 0 Å². The first kappa shape index (κ1) is 15.1. The third-order valence-corrected chi connectivity index (χ3v) is 2.34. The van der Waals surface area contributed by atoms with E-state index in [0.717, 1.165) is 11.8 Å². The number of hydrogen-bond acceptors (Lipinski definition) is 3. The fourth-order valence-corrected chi connectivity index (χ4v) is 1.36. The lowest BCUT2D eigenvalue weighted by Gasteiger charge is -2.06. The van der Waals surface area contributed by atoms with E-state index in [-0.39, 0.29) is 24.5 Å². The lowest BCUT2D eigenvalue weighted by atomic mass is 10.3. The Morgan fingerprint density at radius 2 is 1.88 bits per heavy atom. The van der Waals surface area contributed by atoms with Gasteiger partial charge in [0.05, 0.1) is 11.5 Å². The fraction of sp³-hybridized carbons (Fsp3) is 0.750. The van der Waals surface area contributed by atoms with Crippen LogP contribution in [0.15, 0.2) is 0 Å². The molecule has 0 aromatic heterocycles. The van der Waals surface area contributed by atoms with Crippen LogP contribution in [0, 0.1) is 0 Å². The van der Waals surface area contributed by atoms with Crippen LogP contribution in [0.1, 0.15) is 12.8 Å². The summed E-state index contributed by atoms with van der Waals surface area (Å²) in [5.74, 6) is -1.74. The molecule has 0 saturated carbocycles. The maximum Gasteiger partial charge on any atom is 0.389 e. The third kappa shape index (κ3) is 11.2. The van der Waals surface area contributed by atoms with Gasteiger partial charge >= 0.3 is 12.1 Å². The molecule has 0 unspecified atom stereocenters. The van der Waals surface area contributed by atoms with Crippen LogP contribution in [0.4, 0.5) is 13.2 Å². The van der Waals surface area contributed by atoms with Gasteiger partial charge in [-0.05, 0) is 6.42 Å². The number of aliphatic carboxylic acids is 1. The number of carbonyl (C=O) groups is 2. The largest absolute Gasteiger partial charge is 0.481 e. The van der Waals surface area contributed by atoms with Crippen LogP contribution in [0.25, 0.3) is 0 Å². The molecule has 0 bridgehead atoms. The molecule has 0 aliphatic heterocycles. The predicted molar refractivity (Wildman–Crippen MR) is 53.3 cm³/mol. The van der Waals surface area contributed by atoms with Crippen molar-refractivity contribution in [2.45, 2.75) is 19.0 Å². The van der Waals surface area contributed by atoms with Crippen LogP contribution in [0.2, 0.25) is 0 Å². The average molecular weight is 259 g/mol. The number of carboxylic acids is 1. The summed E-state index contributed by atoms with van der Waals surface area (Å²) in [6.07, 6.45) is -5.31. The topological polar surface area (TPSA) is 66.4 Å². The Kier molecular flexibility index (Phi) is 6.95. The number of carboxylic acid groups (broad SMARTS) is 1. The summed E-state index contributed by atoms with van der Waals surface area (Å²) >= 11 is 0.899. The SMILES string of the molecule is O=C(O)CSCC(=O)NCCCC(F)(F)F. The summed E-state index contributed by atoms with van der Waals surface area (Å²) in [7, 11) is 0. The highest BCUT2D eigenvalue weighted by Gasteiger charge is 2.25. The van der Waals surface area contributed by atoms with Crippen molar-refractivity contribution in [3.05, 3.63) is 0 Å². The van der Waals surface area contributed by atoms with E-state index in [1.165, 1.54) is 0 Å². The minimum absolute atomic E-state index is 0.0496. The minimum atomic E-state index is -4.21. The molecule has 1 amide bonds. The van der Waals surface area contributed by atoms with Gasteiger partial charge in [-0.15, -0.1) is 11.8 Å². The zero-order valence-electron chi connectivity index (χ0n) is 8.34. The molecule has 0 spiro atoms. The molecule has 0 atom stereocenters. The summed E-state index contributed by atoms with van der Waals surface area (Å²) < 4.78 is 35.1. The van der Waals surface area contributed by atoms with E-state index in [1.54, 1.807) is 0 Å². The van der Waals surface area contributed by atoms with Crippen molar-refractivity contribution in [3.63, 3.8) is 0 Å². The maximum absolute atomic E-state index is 11.7. The average Bonchev–Trinajstić information content (AvgIpc) is 2.10. The molecule has 0 aliphatic carbocycles. The Hall–Kier alpha value is -0.920. The third-order valence-electron chi connectivity index (χ3n) is 1.42. The Labute approximate surface area is 94.6 Å². The number of thioether (sulfide) groups is 1. The molecule has 0 fully saturated rings. The number of amides is 1. The molecule has 0 aliphatic rings. The van der Waals surface area contributed by atoms with Crippen LogP contribution >= 0.6 is 11.8 Å². The molecule has 2 N–H and O–H groups in total. The highest BCUT2D eigenvalue weighted by atomic mass is 32.2. The summed E-state index contributed by atoms with van der Waals surface area (Å²) in [5.41, 5.74) is 0. The van der Waals surface area contributed by atoms with Gasteiger partial charge in [-0.2, -0.15) is 13.2 Å². The van der Waals surface area contributed by atoms with Gasteiger partial charge in [-0.1, -0.05) is 0 Å². The first-order valence-electron chi connectivity index (χ1n) is 4.44. The summed E-state index contributed by atoms with van der Waals surface area (Å²) in [6.45, 7) is -0.0496.